The van der Waals surface area contributed by atoms with E-state index in [-0.39, 0.29) is 5.54 Å². The number of nitrogens with one attached hydrogen (secondary N) is 1. The Labute approximate surface area is 94.9 Å². The Morgan fingerprint density at radius 2 is 2.33 bits per heavy atom. The second-order valence-corrected chi connectivity index (χ2v) is 5.34. The van der Waals surface area contributed by atoms with E-state index >= 15 is 0 Å². The Hall–Kier alpha value is -0.450. The molecule has 0 fully saturated rings. The number of ether oxygens (including phenoxy) is 1. The van der Waals surface area contributed by atoms with E-state index in [0.717, 1.165) is 11.4 Å². The molecule has 1 aromatic rings. The molecule has 0 aliphatic heterocycles. The molecule has 0 saturated heterocycles. The highest BCUT2D eigenvalue weighted by Gasteiger charge is 2.30. The van der Waals surface area contributed by atoms with Crippen molar-refractivity contribution in [3.8, 4) is 0 Å². The normalized spacial score (nSPS) is 18.9. The molecule has 1 aromatic heterocycles. The lowest BCUT2D eigenvalue weighted by atomic mass is 10.1. The summed E-state index contributed by atoms with van der Waals surface area (Å²) in [6.07, 6.45) is 3.63. The minimum atomic E-state index is -0.135. The Morgan fingerprint density at radius 3 is 2.93 bits per heavy atom. The van der Waals surface area contributed by atoms with E-state index in [9.17, 15) is 0 Å². The molecule has 0 saturated carbocycles. The third-order valence-electron chi connectivity index (χ3n) is 3.05. The molecule has 0 bridgehead atoms. The molecule has 0 amide bonds. The van der Waals surface area contributed by atoms with Gasteiger partial charge in [0.2, 0.25) is 0 Å². The smallest absolute Gasteiger partial charge is 0.115 e. The molecule has 1 N–H and O–H groups in total. The van der Waals surface area contributed by atoms with Gasteiger partial charge in [-0.3, -0.25) is 0 Å². The summed E-state index contributed by atoms with van der Waals surface area (Å²) in [4.78, 5) is 6.20. The van der Waals surface area contributed by atoms with Crippen LogP contribution in [0.2, 0.25) is 0 Å². The predicted octanol–water partition coefficient (Wildman–Crippen LogP) is 1.71. The van der Waals surface area contributed by atoms with Gasteiger partial charge in [0, 0.05) is 12.0 Å². The number of hydrogen-bond donors (Lipinski definition) is 1. The van der Waals surface area contributed by atoms with Crippen molar-refractivity contribution in [3.05, 3.63) is 15.6 Å². The molecular weight excluding hydrogens is 208 g/mol. The van der Waals surface area contributed by atoms with Gasteiger partial charge in [0.15, 0.2) is 0 Å². The van der Waals surface area contributed by atoms with Crippen molar-refractivity contribution in [2.24, 2.45) is 0 Å². The molecule has 3 nitrogen and oxygen atoms in total. The number of rotatable bonds is 4. The van der Waals surface area contributed by atoms with Gasteiger partial charge in [-0.1, -0.05) is 0 Å². The molecule has 2 rings (SSSR count). The van der Waals surface area contributed by atoms with E-state index in [0.29, 0.717) is 6.61 Å². The molecular formula is C11H18N2OS. The molecule has 0 spiro atoms. The Morgan fingerprint density at radius 1 is 1.53 bits per heavy atom. The lowest BCUT2D eigenvalue weighted by Gasteiger charge is -2.25. The molecule has 1 heterocycles. The third-order valence-corrected chi connectivity index (χ3v) is 4.47. The van der Waals surface area contributed by atoms with Crippen LogP contribution in [-0.4, -0.2) is 25.7 Å². The van der Waals surface area contributed by atoms with Gasteiger partial charge in [0.25, 0.3) is 0 Å². The highest BCUT2D eigenvalue weighted by molar-refractivity contribution is 7.12. The van der Waals surface area contributed by atoms with Crippen LogP contribution >= 0.6 is 11.3 Å². The van der Waals surface area contributed by atoms with Crippen molar-refractivity contribution in [2.45, 2.75) is 31.7 Å². The van der Waals surface area contributed by atoms with Crippen LogP contribution in [-0.2, 0) is 23.1 Å². The summed E-state index contributed by atoms with van der Waals surface area (Å²) in [5, 5.41) is 4.47. The van der Waals surface area contributed by atoms with E-state index in [2.05, 4.69) is 12.2 Å². The van der Waals surface area contributed by atoms with Crippen molar-refractivity contribution in [3.63, 3.8) is 0 Å². The molecule has 0 aromatic carbocycles. The Bertz CT molecular complexity index is 329. The number of aromatic nitrogens is 1. The van der Waals surface area contributed by atoms with Crippen LogP contribution in [0.1, 0.15) is 28.9 Å². The summed E-state index contributed by atoms with van der Waals surface area (Å²) in [6, 6.07) is 0. The fraction of sp³-hybridized carbons (Fsp3) is 0.727. The van der Waals surface area contributed by atoms with Crippen LogP contribution in [0.25, 0.3) is 0 Å². The van der Waals surface area contributed by atoms with Crippen molar-refractivity contribution >= 4 is 11.3 Å². The van der Waals surface area contributed by atoms with Crippen molar-refractivity contribution in [1.82, 2.24) is 10.3 Å². The zero-order valence-electron chi connectivity index (χ0n) is 9.59. The quantitative estimate of drug-likeness (QED) is 0.848. The first kappa shape index (κ1) is 11.0. The van der Waals surface area contributed by atoms with Gasteiger partial charge >= 0.3 is 0 Å². The summed E-state index contributed by atoms with van der Waals surface area (Å²) >= 11 is 1.84. The van der Waals surface area contributed by atoms with Crippen LogP contribution in [0.3, 0.4) is 0 Å². The summed E-state index contributed by atoms with van der Waals surface area (Å²) in [5.74, 6) is 0. The van der Waals surface area contributed by atoms with Gasteiger partial charge < -0.3 is 10.1 Å². The summed E-state index contributed by atoms with van der Waals surface area (Å²) in [5.41, 5.74) is 1.18. The van der Waals surface area contributed by atoms with Gasteiger partial charge in [-0.2, -0.15) is 0 Å². The monoisotopic (exact) mass is 226 g/mol. The molecule has 1 aliphatic carbocycles. The Balaban J connectivity index is 2.27. The van der Waals surface area contributed by atoms with E-state index in [4.69, 9.17) is 9.72 Å². The standard InChI is InChI=1S/C11H18N2OS/c1-11(12-2,7-14-3)10-13-8-5-4-6-9(8)15-10/h12H,4-7H2,1-3H3. The van der Waals surface area contributed by atoms with Gasteiger partial charge in [-0.15, -0.1) is 11.3 Å². The summed E-state index contributed by atoms with van der Waals surface area (Å²) in [6.45, 7) is 2.81. The number of nitrogens with zero attached hydrogens (tertiary/aromatic N) is 1. The number of fused-ring (bicyclic) bond motifs is 1. The third kappa shape index (κ3) is 1.94. The molecule has 4 heteroatoms. The number of methoxy groups -OCH3 is 1. The van der Waals surface area contributed by atoms with Gasteiger partial charge in [-0.05, 0) is 33.2 Å². The highest BCUT2D eigenvalue weighted by atomic mass is 32.1. The summed E-state index contributed by atoms with van der Waals surface area (Å²) < 4.78 is 5.26. The second-order valence-electron chi connectivity index (χ2n) is 4.26. The molecule has 1 unspecified atom stereocenters. The molecule has 1 atom stereocenters. The van der Waals surface area contributed by atoms with Crippen molar-refractivity contribution in [1.29, 1.82) is 0 Å². The zero-order valence-corrected chi connectivity index (χ0v) is 10.4. The average molecular weight is 226 g/mol. The number of thiazole rings is 1. The maximum Gasteiger partial charge on any atom is 0.115 e. The van der Waals surface area contributed by atoms with E-state index in [1.54, 1.807) is 7.11 Å². The first-order valence-electron chi connectivity index (χ1n) is 5.36. The number of hydrogen-bond acceptors (Lipinski definition) is 4. The van der Waals surface area contributed by atoms with Gasteiger partial charge in [0.1, 0.15) is 5.01 Å². The number of likely N-dealkylation sites (N-methyl/N-ethyl adjacent to an activating group) is 1. The van der Waals surface area contributed by atoms with Crippen molar-refractivity contribution in [2.75, 3.05) is 20.8 Å². The van der Waals surface area contributed by atoms with Crippen LogP contribution < -0.4 is 5.32 Å². The predicted molar refractivity (Wildman–Crippen MR) is 62.4 cm³/mol. The topological polar surface area (TPSA) is 34.1 Å². The zero-order chi connectivity index (χ0) is 10.9. The molecule has 0 radical (unpaired) electrons. The van der Waals surface area contributed by atoms with E-state index in [1.807, 2.05) is 18.4 Å². The van der Waals surface area contributed by atoms with E-state index < -0.39 is 0 Å². The van der Waals surface area contributed by atoms with E-state index in [1.165, 1.54) is 23.4 Å². The first-order chi connectivity index (χ1) is 7.19. The maximum atomic E-state index is 5.26. The van der Waals surface area contributed by atoms with Crippen LogP contribution in [0.4, 0.5) is 0 Å². The van der Waals surface area contributed by atoms with Crippen molar-refractivity contribution < 1.29 is 4.74 Å². The van der Waals surface area contributed by atoms with Crippen LogP contribution in [0, 0.1) is 0 Å². The lowest BCUT2D eigenvalue weighted by Crippen LogP contribution is -2.41. The molecule has 1 aliphatic rings. The SMILES string of the molecule is CNC(C)(COC)c1nc2c(s1)CCC2. The minimum Gasteiger partial charge on any atom is -0.382 e. The van der Waals surface area contributed by atoms with Crippen LogP contribution in [0.15, 0.2) is 0 Å². The number of aryl methyl sites for hydroxylation is 2. The highest BCUT2D eigenvalue weighted by Crippen LogP contribution is 2.33. The summed E-state index contributed by atoms with van der Waals surface area (Å²) in [7, 11) is 3.70. The minimum absolute atomic E-state index is 0.135. The van der Waals surface area contributed by atoms with Gasteiger partial charge in [0.05, 0.1) is 17.8 Å². The maximum absolute atomic E-state index is 5.26. The second kappa shape index (κ2) is 4.20. The molecule has 84 valence electrons. The first-order valence-corrected chi connectivity index (χ1v) is 6.18. The Kier molecular flexibility index (Phi) is 3.09. The fourth-order valence-electron chi connectivity index (χ4n) is 1.96. The average Bonchev–Trinajstić information content (AvgIpc) is 2.77. The largest absolute Gasteiger partial charge is 0.382 e. The lowest BCUT2D eigenvalue weighted by molar-refractivity contribution is 0.123. The fourth-order valence-corrected chi connectivity index (χ4v) is 3.24. The molecule has 15 heavy (non-hydrogen) atoms. The van der Waals surface area contributed by atoms with Crippen LogP contribution in [0.5, 0.6) is 0 Å². The van der Waals surface area contributed by atoms with Gasteiger partial charge in [-0.25, -0.2) is 4.98 Å².